The third kappa shape index (κ3) is 5.37. The van der Waals surface area contributed by atoms with Crippen LogP contribution in [0.15, 0.2) is 0 Å². The first-order valence-corrected chi connectivity index (χ1v) is 6.67. The van der Waals surface area contributed by atoms with Crippen LogP contribution in [0, 0.1) is 11.8 Å². The van der Waals surface area contributed by atoms with Crippen LogP contribution in [0.5, 0.6) is 0 Å². The Morgan fingerprint density at radius 3 is 2.58 bits per heavy atom. The Balaban J connectivity index is 0.00000324. The number of amides is 2. The van der Waals surface area contributed by atoms with Gasteiger partial charge in [0.2, 0.25) is 11.8 Å². The van der Waals surface area contributed by atoms with Crippen molar-refractivity contribution < 1.29 is 9.59 Å². The Labute approximate surface area is 121 Å². The van der Waals surface area contributed by atoms with E-state index in [1.54, 1.807) is 19.0 Å². The second-order valence-corrected chi connectivity index (χ2v) is 5.36. The molecule has 3 unspecified atom stereocenters. The van der Waals surface area contributed by atoms with E-state index in [-0.39, 0.29) is 42.1 Å². The number of hydrogen-bond donors (Lipinski definition) is 2. The molecular formula is C13H26ClN3O2. The zero-order valence-corrected chi connectivity index (χ0v) is 12.8. The van der Waals surface area contributed by atoms with Crippen LogP contribution in [0.4, 0.5) is 0 Å². The summed E-state index contributed by atoms with van der Waals surface area (Å²) >= 11 is 0. The maximum atomic E-state index is 12.2. The normalized spacial score (nSPS) is 24.0. The Kier molecular flexibility index (Phi) is 8.02. The summed E-state index contributed by atoms with van der Waals surface area (Å²) in [6, 6.07) is 0.150. The lowest BCUT2D eigenvalue weighted by Gasteiger charge is -2.30. The summed E-state index contributed by atoms with van der Waals surface area (Å²) in [5, 5.41) is 2.60. The Hall–Kier alpha value is -0.810. The SMILES string of the molecule is CNC(=O)C(C)CN(C)C(=O)C1CCCC(N)C1.Cl. The zero-order valence-electron chi connectivity index (χ0n) is 12.0. The summed E-state index contributed by atoms with van der Waals surface area (Å²) in [4.78, 5) is 25.3. The van der Waals surface area contributed by atoms with Gasteiger partial charge in [-0.1, -0.05) is 13.3 Å². The zero-order chi connectivity index (χ0) is 13.7. The van der Waals surface area contributed by atoms with Gasteiger partial charge in [0, 0.05) is 32.6 Å². The van der Waals surface area contributed by atoms with Crippen molar-refractivity contribution in [1.82, 2.24) is 10.2 Å². The molecule has 3 N–H and O–H groups in total. The largest absolute Gasteiger partial charge is 0.359 e. The van der Waals surface area contributed by atoms with E-state index in [1.165, 1.54) is 0 Å². The fourth-order valence-corrected chi connectivity index (χ4v) is 2.59. The van der Waals surface area contributed by atoms with E-state index in [9.17, 15) is 9.59 Å². The first kappa shape index (κ1) is 18.2. The van der Waals surface area contributed by atoms with Crippen LogP contribution in [-0.2, 0) is 9.59 Å². The minimum Gasteiger partial charge on any atom is -0.359 e. The van der Waals surface area contributed by atoms with Gasteiger partial charge in [-0.15, -0.1) is 12.4 Å². The molecule has 0 heterocycles. The molecular weight excluding hydrogens is 266 g/mol. The third-order valence-corrected chi connectivity index (χ3v) is 3.68. The van der Waals surface area contributed by atoms with E-state index < -0.39 is 0 Å². The summed E-state index contributed by atoms with van der Waals surface area (Å²) in [7, 11) is 3.38. The van der Waals surface area contributed by atoms with Crippen molar-refractivity contribution in [3.05, 3.63) is 0 Å². The number of rotatable bonds is 4. The molecule has 0 aromatic heterocycles. The van der Waals surface area contributed by atoms with Crippen LogP contribution < -0.4 is 11.1 Å². The highest BCUT2D eigenvalue weighted by atomic mass is 35.5. The average Bonchev–Trinajstić information content (AvgIpc) is 2.36. The topological polar surface area (TPSA) is 75.4 Å². The summed E-state index contributed by atoms with van der Waals surface area (Å²) in [6.45, 7) is 2.29. The highest BCUT2D eigenvalue weighted by Gasteiger charge is 2.28. The number of nitrogens with one attached hydrogen (secondary N) is 1. The molecule has 0 aromatic rings. The molecule has 0 bridgehead atoms. The lowest BCUT2D eigenvalue weighted by atomic mass is 9.85. The predicted octanol–water partition coefficient (Wildman–Crippen LogP) is 0.766. The van der Waals surface area contributed by atoms with E-state index >= 15 is 0 Å². The van der Waals surface area contributed by atoms with Gasteiger partial charge in [0.25, 0.3) is 0 Å². The fraction of sp³-hybridized carbons (Fsp3) is 0.846. The molecule has 2 amide bonds. The first-order chi connectivity index (χ1) is 8.45. The molecule has 1 rings (SSSR count). The maximum absolute atomic E-state index is 12.2. The van der Waals surface area contributed by atoms with Gasteiger partial charge < -0.3 is 16.0 Å². The van der Waals surface area contributed by atoms with Gasteiger partial charge >= 0.3 is 0 Å². The molecule has 0 spiro atoms. The molecule has 0 radical (unpaired) electrons. The van der Waals surface area contributed by atoms with Crippen molar-refractivity contribution in [2.45, 2.75) is 38.6 Å². The Morgan fingerprint density at radius 1 is 1.42 bits per heavy atom. The summed E-state index contributed by atoms with van der Waals surface area (Å²) in [6.07, 6.45) is 3.74. The maximum Gasteiger partial charge on any atom is 0.225 e. The van der Waals surface area contributed by atoms with E-state index in [0.29, 0.717) is 6.54 Å². The van der Waals surface area contributed by atoms with Gasteiger partial charge in [0.15, 0.2) is 0 Å². The Morgan fingerprint density at radius 2 is 2.05 bits per heavy atom. The second kappa shape index (κ2) is 8.38. The summed E-state index contributed by atoms with van der Waals surface area (Å²) in [5.41, 5.74) is 5.90. The molecule has 1 aliphatic rings. The van der Waals surface area contributed by atoms with Crippen LogP contribution in [-0.4, -0.2) is 43.4 Å². The van der Waals surface area contributed by atoms with Gasteiger partial charge in [0.1, 0.15) is 0 Å². The van der Waals surface area contributed by atoms with E-state index in [2.05, 4.69) is 5.32 Å². The lowest BCUT2D eigenvalue weighted by molar-refractivity contribution is -0.136. The fourth-order valence-electron chi connectivity index (χ4n) is 2.59. The van der Waals surface area contributed by atoms with E-state index in [4.69, 9.17) is 5.73 Å². The Bertz CT molecular complexity index is 312. The van der Waals surface area contributed by atoms with Crippen LogP contribution >= 0.6 is 12.4 Å². The molecule has 19 heavy (non-hydrogen) atoms. The monoisotopic (exact) mass is 291 g/mol. The molecule has 1 aliphatic carbocycles. The summed E-state index contributed by atoms with van der Waals surface area (Å²) < 4.78 is 0. The highest BCUT2D eigenvalue weighted by Crippen LogP contribution is 2.24. The molecule has 1 saturated carbocycles. The van der Waals surface area contributed by atoms with Crippen molar-refractivity contribution in [1.29, 1.82) is 0 Å². The van der Waals surface area contributed by atoms with Crippen LogP contribution in [0.1, 0.15) is 32.6 Å². The second-order valence-electron chi connectivity index (χ2n) is 5.36. The minimum absolute atomic E-state index is 0. The van der Waals surface area contributed by atoms with Crippen molar-refractivity contribution in [3.63, 3.8) is 0 Å². The first-order valence-electron chi connectivity index (χ1n) is 6.67. The van der Waals surface area contributed by atoms with Crippen LogP contribution in [0.25, 0.3) is 0 Å². The number of nitrogens with zero attached hydrogens (tertiary/aromatic N) is 1. The number of halogens is 1. The molecule has 5 nitrogen and oxygen atoms in total. The lowest BCUT2D eigenvalue weighted by Crippen LogP contribution is -2.42. The van der Waals surface area contributed by atoms with Gasteiger partial charge in [-0.2, -0.15) is 0 Å². The molecule has 0 aromatic carbocycles. The van der Waals surface area contributed by atoms with Gasteiger partial charge in [-0.05, 0) is 19.3 Å². The van der Waals surface area contributed by atoms with Crippen LogP contribution in [0.3, 0.4) is 0 Å². The van der Waals surface area contributed by atoms with Crippen molar-refractivity contribution in [3.8, 4) is 0 Å². The van der Waals surface area contributed by atoms with Gasteiger partial charge in [0.05, 0.1) is 5.92 Å². The quantitative estimate of drug-likeness (QED) is 0.803. The molecule has 0 saturated heterocycles. The van der Waals surface area contributed by atoms with Crippen molar-refractivity contribution in [2.75, 3.05) is 20.6 Å². The van der Waals surface area contributed by atoms with Crippen molar-refractivity contribution in [2.24, 2.45) is 17.6 Å². The average molecular weight is 292 g/mol. The predicted molar refractivity (Wildman–Crippen MR) is 78.0 cm³/mol. The van der Waals surface area contributed by atoms with Gasteiger partial charge in [-0.3, -0.25) is 9.59 Å². The molecule has 3 atom stereocenters. The van der Waals surface area contributed by atoms with E-state index in [1.807, 2.05) is 6.92 Å². The smallest absolute Gasteiger partial charge is 0.225 e. The van der Waals surface area contributed by atoms with Crippen LogP contribution in [0.2, 0.25) is 0 Å². The van der Waals surface area contributed by atoms with E-state index in [0.717, 1.165) is 25.7 Å². The number of nitrogens with two attached hydrogens (primary N) is 1. The standard InChI is InChI=1S/C13H25N3O2.ClH/c1-9(12(17)15-2)8-16(3)13(18)10-5-4-6-11(14)7-10;/h9-11H,4-8,14H2,1-3H3,(H,15,17);1H. The number of carbonyl (C=O) groups excluding carboxylic acids is 2. The van der Waals surface area contributed by atoms with Crippen molar-refractivity contribution >= 4 is 24.2 Å². The number of hydrogen-bond acceptors (Lipinski definition) is 3. The molecule has 6 heteroatoms. The molecule has 112 valence electrons. The highest BCUT2D eigenvalue weighted by molar-refractivity contribution is 5.85. The summed E-state index contributed by atoms with van der Waals surface area (Å²) in [5.74, 6) is -0.0484. The van der Waals surface area contributed by atoms with Gasteiger partial charge in [-0.25, -0.2) is 0 Å². The molecule has 1 fully saturated rings. The third-order valence-electron chi connectivity index (χ3n) is 3.68. The minimum atomic E-state index is -0.179. The molecule has 0 aliphatic heterocycles. The number of carbonyl (C=O) groups is 2.